The summed E-state index contributed by atoms with van der Waals surface area (Å²) in [5.74, 6) is 1.31. The molecular formula is C36H32N2O3. The van der Waals surface area contributed by atoms with E-state index in [-0.39, 0.29) is 10.8 Å². The van der Waals surface area contributed by atoms with Crippen molar-refractivity contribution < 1.29 is 13.6 Å². The summed E-state index contributed by atoms with van der Waals surface area (Å²) in [5, 5.41) is 2.08. The Hall–Kier alpha value is -4.64. The molecule has 0 saturated carbocycles. The number of rotatable bonds is 4. The second-order valence-electron chi connectivity index (χ2n) is 12.8. The van der Waals surface area contributed by atoms with Crippen LogP contribution in [0, 0.1) is 0 Å². The standard InChI is InChI=1S/C36H32N2O3/c1-35(2,3)23-16-21(22-18-30-33-31(19-22)41-29-12-9-11-28(40-30)32(29)33)17-24(20-23)39-34-25(36(4,5)6)13-14-27(38-34)26-10-7-8-15-37-26/h7-20H,1-6H3. The van der Waals surface area contributed by atoms with Crippen molar-refractivity contribution in [3.63, 3.8) is 0 Å². The predicted molar refractivity (Wildman–Crippen MR) is 165 cm³/mol. The molecule has 0 bridgehead atoms. The smallest absolute Gasteiger partial charge is 0.223 e. The number of furan rings is 2. The van der Waals surface area contributed by atoms with Crippen molar-refractivity contribution in [3.05, 3.63) is 96.2 Å². The third-order valence-corrected chi connectivity index (χ3v) is 7.66. The van der Waals surface area contributed by atoms with E-state index >= 15 is 0 Å². The normalized spacial score (nSPS) is 12.6. The van der Waals surface area contributed by atoms with Crippen LogP contribution in [0.1, 0.15) is 52.7 Å². The van der Waals surface area contributed by atoms with Crippen molar-refractivity contribution in [1.82, 2.24) is 9.97 Å². The molecule has 7 rings (SSSR count). The van der Waals surface area contributed by atoms with Crippen LogP contribution in [0.3, 0.4) is 0 Å². The van der Waals surface area contributed by atoms with Crippen molar-refractivity contribution >= 4 is 33.1 Å². The van der Waals surface area contributed by atoms with Gasteiger partial charge in [0.1, 0.15) is 28.1 Å². The summed E-state index contributed by atoms with van der Waals surface area (Å²) in [4.78, 5) is 9.47. The van der Waals surface area contributed by atoms with Crippen LogP contribution in [0.25, 0.3) is 55.6 Å². The van der Waals surface area contributed by atoms with E-state index in [1.54, 1.807) is 6.20 Å². The van der Waals surface area contributed by atoms with Crippen LogP contribution in [0.2, 0.25) is 0 Å². The Kier molecular flexibility index (Phi) is 5.52. The third-order valence-electron chi connectivity index (χ3n) is 7.66. The number of aromatic nitrogens is 2. The molecule has 0 spiro atoms. The fourth-order valence-electron chi connectivity index (χ4n) is 5.44. The van der Waals surface area contributed by atoms with Crippen molar-refractivity contribution in [2.75, 3.05) is 0 Å². The molecule has 0 aliphatic carbocycles. The highest BCUT2D eigenvalue weighted by molar-refractivity contribution is 6.20. The van der Waals surface area contributed by atoms with Crippen LogP contribution in [0.4, 0.5) is 0 Å². The first-order valence-electron chi connectivity index (χ1n) is 14.0. The van der Waals surface area contributed by atoms with E-state index in [1.807, 2.05) is 42.5 Å². The lowest BCUT2D eigenvalue weighted by atomic mass is 9.85. The van der Waals surface area contributed by atoms with E-state index in [2.05, 4.69) is 82.9 Å². The van der Waals surface area contributed by atoms with Gasteiger partial charge in [0.05, 0.1) is 22.2 Å². The van der Waals surface area contributed by atoms with Gasteiger partial charge in [0, 0.05) is 11.8 Å². The lowest BCUT2D eigenvalue weighted by Crippen LogP contribution is -2.14. The van der Waals surface area contributed by atoms with Gasteiger partial charge in [-0.3, -0.25) is 4.98 Å². The van der Waals surface area contributed by atoms with Gasteiger partial charge in [-0.25, -0.2) is 4.98 Å². The molecule has 4 heterocycles. The zero-order valence-corrected chi connectivity index (χ0v) is 24.2. The monoisotopic (exact) mass is 540 g/mol. The van der Waals surface area contributed by atoms with Gasteiger partial charge in [-0.15, -0.1) is 0 Å². The van der Waals surface area contributed by atoms with E-state index < -0.39 is 0 Å². The van der Waals surface area contributed by atoms with Crippen LogP contribution < -0.4 is 4.74 Å². The lowest BCUT2D eigenvalue weighted by Gasteiger charge is -2.24. The summed E-state index contributed by atoms with van der Waals surface area (Å²) in [6, 6.07) is 26.5. The number of hydrogen-bond acceptors (Lipinski definition) is 5. The van der Waals surface area contributed by atoms with Gasteiger partial charge in [-0.1, -0.05) is 65.8 Å². The molecule has 0 aliphatic rings. The second kappa shape index (κ2) is 8.93. The first-order valence-corrected chi connectivity index (χ1v) is 14.0. The Morgan fingerprint density at radius 1 is 0.610 bits per heavy atom. The fourth-order valence-corrected chi connectivity index (χ4v) is 5.44. The third kappa shape index (κ3) is 4.42. The molecule has 0 unspecified atom stereocenters. The zero-order chi connectivity index (χ0) is 28.5. The molecule has 0 amide bonds. The topological polar surface area (TPSA) is 61.3 Å². The average Bonchev–Trinajstić information content (AvgIpc) is 3.51. The van der Waals surface area contributed by atoms with Crippen LogP contribution in [0.5, 0.6) is 11.6 Å². The van der Waals surface area contributed by atoms with E-state index in [0.717, 1.165) is 72.5 Å². The molecule has 0 N–H and O–H groups in total. The highest BCUT2D eigenvalue weighted by Gasteiger charge is 2.24. The molecule has 204 valence electrons. The van der Waals surface area contributed by atoms with Crippen molar-refractivity contribution in [2.24, 2.45) is 0 Å². The molecule has 0 atom stereocenters. The van der Waals surface area contributed by atoms with E-state index in [4.69, 9.17) is 18.6 Å². The SMILES string of the molecule is CC(C)(C)c1cc(Oc2nc(-c3ccccn3)ccc2C(C)(C)C)cc(-c2cc3oc4cccc5oc(c2)c3c45)c1. The molecule has 5 nitrogen and oxygen atoms in total. The quantitative estimate of drug-likeness (QED) is 0.222. The first kappa shape index (κ1) is 25.3. The predicted octanol–water partition coefficient (Wildman–Crippen LogP) is 10.3. The molecule has 3 aromatic carbocycles. The highest BCUT2D eigenvalue weighted by Crippen LogP contribution is 2.43. The fraction of sp³-hybridized carbons (Fsp3) is 0.222. The first-order chi connectivity index (χ1) is 19.5. The summed E-state index contributed by atoms with van der Waals surface area (Å²) in [7, 11) is 0. The van der Waals surface area contributed by atoms with E-state index in [1.165, 1.54) is 0 Å². The number of nitrogens with zero attached hydrogens (tertiary/aromatic N) is 2. The molecule has 4 aromatic heterocycles. The molecule has 0 fully saturated rings. The van der Waals surface area contributed by atoms with Crippen molar-refractivity contribution in [1.29, 1.82) is 0 Å². The van der Waals surface area contributed by atoms with Gasteiger partial charge in [-0.05, 0) is 82.1 Å². The summed E-state index contributed by atoms with van der Waals surface area (Å²) in [5.41, 5.74) is 8.86. The number of pyridine rings is 2. The van der Waals surface area contributed by atoms with Gasteiger partial charge in [-0.2, -0.15) is 0 Å². The summed E-state index contributed by atoms with van der Waals surface area (Å²) in [6.45, 7) is 13.1. The Balaban J connectivity index is 1.38. The number of hydrogen-bond donors (Lipinski definition) is 0. The maximum Gasteiger partial charge on any atom is 0.223 e. The van der Waals surface area contributed by atoms with Gasteiger partial charge < -0.3 is 13.6 Å². The van der Waals surface area contributed by atoms with Gasteiger partial charge in [0.25, 0.3) is 0 Å². The van der Waals surface area contributed by atoms with Gasteiger partial charge in [0.15, 0.2) is 0 Å². The Bertz CT molecular complexity index is 1980. The van der Waals surface area contributed by atoms with Crippen LogP contribution in [0.15, 0.2) is 93.9 Å². The van der Waals surface area contributed by atoms with Crippen molar-refractivity contribution in [3.8, 4) is 34.1 Å². The minimum absolute atomic E-state index is 0.103. The van der Waals surface area contributed by atoms with Crippen molar-refractivity contribution in [2.45, 2.75) is 52.4 Å². The molecule has 0 aliphatic heterocycles. The Morgan fingerprint density at radius 3 is 1.93 bits per heavy atom. The maximum absolute atomic E-state index is 6.69. The molecule has 5 heteroatoms. The van der Waals surface area contributed by atoms with Gasteiger partial charge >= 0.3 is 0 Å². The molecule has 0 saturated heterocycles. The molecule has 0 radical (unpaired) electrons. The minimum atomic E-state index is -0.165. The molecule has 41 heavy (non-hydrogen) atoms. The highest BCUT2D eigenvalue weighted by atomic mass is 16.5. The van der Waals surface area contributed by atoms with Crippen LogP contribution >= 0.6 is 0 Å². The van der Waals surface area contributed by atoms with Crippen LogP contribution in [-0.2, 0) is 10.8 Å². The number of ether oxygens (including phenoxy) is 1. The zero-order valence-electron chi connectivity index (χ0n) is 24.2. The second-order valence-corrected chi connectivity index (χ2v) is 12.8. The van der Waals surface area contributed by atoms with E-state index in [0.29, 0.717) is 5.88 Å². The summed E-state index contributed by atoms with van der Waals surface area (Å²) < 4.78 is 19.2. The Labute approximate surface area is 239 Å². The summed E-state index contributed by atoms with van der Waals surface area (Å²) >= 11 is 0. The average molecular weight is 541 g/mol. The minimum Gasteiger partial charge on any atom is -0.456 e. The summed E-state index contributed by atoms with van der Waals surface area (Å²) in [6.07, 6.45) is 1.78. The molecular weight excluding hydrogens is 508 g/mol. The largest absolute Gasteiger partial charge is 0.456 e. The van der Waals surface area contributed by atoms with Crippen LogP contribution in [-0.4, -0.2) is 9.97 Å². The Morgan fingerprint density at radius 2 is 1.29 bits per heavy atom. The van der Waals surface area contributed by atoms with E-state index in [9.17, 15) is 0 Å². The maximum atomic E-state index is 6.69. The van der Waals surface area contributed by atoms with Gasteiger partial charge in [0.2, 0.25) is 5.88 Å². The number of benzene rings is 3. The molecule has 7 aromatic rings. The lowest BCUT2D eigenvalue weighted by molar-refractivity contribution is 0.435.